The Balaban J connectivity index is 2.49. The van der Waals surface area contributed by atoms with Crippen molar-refractivity contribution >= 4 is 0 Å². The first kappa shape index (κ1) is 12.0. The fraction of sp³-hybridized carbons (Fsp3) is 0.556. The van der Waals surface area contributed by atoms with Gasteiger partial charge in [0.2, 0.25) is 0 Å². The van der Waals surface area contributed by atoms with E-state index in [1.807, 2.05) is 0 Å². The summed E-state index contributed by atoms with van der Waals surface area (Å²) in [5, 5.41) is 39.8. The second-order valence-electron chi connectivity index (χ2n) is 3.94. The molecule has 8 nitrogen and oxygen atoms in total. The quantitative estimate of drug-likeness (QED) is 0.469. The van der Waals surface area contributed by atoms with Crippen LogP contribution in [0.1, 0.15) is 12.6 Å². The van der Waals surface area contributed by atoms with Crippen molar-refractivity contribution < 1.29 is 29.5 Å². The molecule has 2 heterocycles. The molecule has 0 bridgehead atoms. The third kappa shape index (κ3) is 1.71. The van der Waals surface area contributed by atoms with Crippen LogP contribution in [0.25, 0.3) is 0 Å². The van der Waals surface area contributed by atoms with Crippen LogP contribution in [0.15, 0.2) is 21.5 Å². The van der Waals surface area contributed by atoms with Crippen LogP contribution >= 0.6 is 0 Å². The summed E-state index contributed by atoms with van der Waals surface area (Å²) in [4.78, 5) is 10.7. The summed E-state index contributed by atoms with van der Waals surface area (Å²) in [7, 11) is 0. The number of aliphatic hydroxyl groups excluding tert-OH is 3. The van der Waals surface area contributed by atoms with E-state index in [0.717, 1.165) is 12.1 Å². The molecule has 0 aromatic carbocycles. The zero-order valence-corrected chi connectivity index (χ0v) is 8.81. The fourth-order valence-corrected chi connectivity index (χ4v) is 1.80. The van der Waals surface area contributed by atoms with Gasteiger partial charge in [0.05, 0.1) is 4.90 Å². The highest BCUT2D eigenvalue weighted by Gasteiger charge is 2.56. The van der Waals surface area contributed by atoms with E-state index in [9.17, 15) is 25.3 Å². The molecule has 4 unspecified atom stereocenters. The van der Waals surface area contributed by atoms with E-state index in [4.69, 9.17) is 4.74 Å². The van der Waals surface area contributed by atoms with E-state index in [1.54, 1.807) is 0 Å². The molecular formula is C9H11NO7. The van der Waals surface area contributed by atoms with Gasteiger partial charge in [0.1, 0.15) is 12.2 Å². The van der Waals surface area contributed by atoms with Gasteiger partial charge in [0.15, 0.2) is 11.9 Å². The molecule has 1 fully saturated rings. The van der Waals surface area contributed by atoms with Gasteiger partial charge in [0, 0.05) is 12.1 Å². The Morgan fingerprint density at radius 1 is 1.41 bits per heavy atom. The maximum Gasteiger partial charge on any atom is 0.280 e. The highest BCUT2D eigenvalue weighted by molar-refractivity contribution is 5.12. The largest absolute Gasteiger partial charge is 0.387 e. The van der Waals surface area contributed by atoms with Crippen molar-refractivity contribution in [3.63, 3.8) is 0 Å². The van der Waals surface area contributed by atoms with Crippen molar-refractivity contribution in [2.45, 2.75) is 31.0 Å². The summed E-state index contributed by atoms with van der Waals surface area (Å²) < 4.78 is 9.21. The molecule has 1 saturated heterocycles. The molecule has 1 aliphatic rings. The predicted molar refractivity (Wildman–Crippen MR) is 50.4 cm³/mol. The van der Waals surface area contributed by atoms with Crippen LogP contribution in [0.3, 0.4) is 0 Å². The minimum atomic E-state index is -1.65. The number of aromatic nitrogens is 1. The lowest BCUT2D eigenvalue weighted by Gasteiger charge is -2.22. The van der Waals surface area contributed by atoms with Gasteiger partial charge in [-0.05, 0) is 6.92 Å². The van der Waals surface area contributed by atoms with Crippen LogP contribution in [-0.2, 0) is 10.3 Å². The number of hydrogen-bond donors (Lipinski definition) is 3. The van der Waals surface area contributed by atoms with E-state index >= 15 is 0 Å². The number of nitrogens with zero attached hydrogens (tertiary/aromatic N) is 1. The van der Waals surface area contributed by atoms with E-state index < -0.39 is 29.7 Å². The van der Waals surface area contributed by atoms with Crippen molar-refractivity contribution in [3.8, 4) is 0 Å². The van der Waals surface area contributed by atoms with E-state index in [0.29, 0.717) is 0 Å². The minimum Gasteiger partial charge on any atom is -0.387 e. The summed E-state index contributed by atoms with van der Waals surface area (Å²) in [6.07, 6.45) is -4.70. The average molecular weight is 245 g/mol. The van der Waals surface area contributed by atoms with Gasteiger partial charge in [-0.1, -0.05) is 0 Å². The van der Waals surface area contributed by atoms with Crippen molar-refractivity contribution in [1.29, 1.82) is 0 Å². The predicted octanol–water partition coefficient (Wildman–Crippen LogP) is -2.44. The molecule has 1 aromatic heterocycles. The summed E-state index contributed by atoms with van der Waals surface area (Å²) in [6, 6.07) is 2.08. The Labute approximate surface area is 94.8 Å². The Kier molecular flexibility index (Phi) is 2.66. The van der Waals surface area contributed by atoms with Crippen molar-refractivity contribution in [3.05, 3.63) is 33.5 Å². The van der Waals surface area contributed by atoms with Crippen LogP contribution < -0.4 is 10.5 Å². The molecule has 8 heteroatoms. The van der Waals surface area contributed by atoms with Gasteiger partial charge in [-0.15, -0.1) is 0 Å². The van der Waals surface area contributed by atoms with Crippen LogP contribution in [0, 0.1) is 5.21 Å². The topological polar surface area (TPSA) is 127 Å². The van der Waals surface area contributed by atoms with Crippen molar-refractivity contribution in [2.24, 2.45) is 0 Å². The molecule has 17 heavy (non-hydrogen) atoms. The van der Waals surface area contributed by atoms with Crippen LogP contribution in [0.4, 0.5) is 0 Å². The smallest absolute Gasteiger partial charge is 0.280 e. The molecule has 0 aliphatic carbocycles. The zero-order chi connectivity index (χ0) is 12.8. The molecule has 94 valence electrons. The van der Waals surface area contributed by atoms with Gasteiger partial charge in [-0.3, -0.25) is 10.0 Å². The molecule has 0 amide bonds. The van der Waals surface area contributed by atoms with E-state index in [1.165, 1.54) is 6.92 Å². The molecule has 2 rings (SSSR count). The number of hydrogen-bond acceptors (Lipinski definition) is 7. The maximum absolute atomic E-state index is 11.4. The first-order chi connectivity index (χ1) is 7.86. The molecular weight excluding hydrogens is 234 g/mol. The Bertz CT molecular complexity index is 486. The molecule has 0 radical (unpaired) electrons. The summed E-state index contributed by atoms with van der Waals surface area (Å²) in [6.45, 7) is 1.29. The lowest BCUT2D eigenvalue weighted by Crippen LogP contribution is -2.48. The highest BCUT2D eigenvalue weighted by atomic mass is 16.7. The maximum atomic E-state index is 11.4. The van der Waals surface area contributed by atoms with Gasteiger partial charge < -0.3 is 24.6 Å². The molecule has 1 aliphatic heterocycles. The number of ether oxygens (including phenoxy) is 1. The van der Waals surface area contributed by atoms with E-state index in [2.05, 4.69) is 4.52 Å². The second-order valence-corrected chi connectivity index (χ2v) is 3.94. The molecule has 1 aromatic rings. The molecule has 3 N–H and O–H groups in total. The standard InChI is InChI=1S/C9H11NO7/c1-9(7(13)6(12)8(14)16-9)4-2-3-5(11)17-10(4)15/h2-3,6-8,12-14H,1H3. The van der Waals surface area contributed by atoms with Crippen LogP contribution in [0.2, 0.25) is 0 Å². The first-order valence-electron chi connectivity index (χ1n) is 4.83. The zero-order valence-electron chi connectivity index (χ0n) is 8.81. The number of aliphatic hydroxyl groups is 3. The summed E-state index contributed by atoms with van der Waals surface area (Å²) in [5.74, 6) is 0. The average Bonchev–Trinajstić information content (AvgIpc) is 2.43. The van der Waals surface area contributed by atoms with Crippen LogP contribution in [-0.4, -0.2) is 33.8 Å². The normalized spacial score (nSPS) is 37.3. The highest BCUT2D eigenvalue weighted by Crippen LogP contribution is 2.36. The Hall–Kier alpha value is -1.48. The summed E-state index contributed by atoms with van der Waals surface area (Å²) >= 11 is 0. The second kappa shape index (κ2) is 3.77. The van der Waals surface area contributed by atoms with Crippen molar-refractivity contribution in [2.75, 3.05) is 0 Å². The lowest BCUT2D eigenvalue weighted by atomic mass is 9.94. The third-order valence-corrected chi connectivity index (χ3v) is 2.80. The van der Waals surface area contributed by atoms with Gasteiger partial charge in [-0.25, -0.2) is 0 Å². The molecule has 0 spiro atoms. The first-order valence-corrected chi connectivity index (χ1v) is 4.83. The van der Waals surface area contributed by atoms with Gasteiger partial charge in [-0.2, -0.15) is 0 Å². The molecule has 0 saturated carbocycles. The lowest BCUT2D eigenvalue weighted by molar-refractivity contribution is -0.812. The van der Waals surface area contributed by atoms with E-state index in [-0.39, 0.29) is 10.6 Å². The third-order valence-electron chi connectivity index (χ3n) is 2.80. The van der Waals surface area contributed by atoms with Crippen molar-refractivity contribution in [1.82, 2.24) is 0 Å². The Morgan fingerprint density at radius 2 is 2.06 bits per heavy atom. The number of rotatable bonds is 1. The molecule has 4 atom stereocenters. The SMILES string of the molecule is CC1(c2ccc(=O)o[n+]2[O-])OC(O)C(O)C1O. The van der Waals surface area contributed by atoms with Crippen LogP contribution in [0.5, 0.6) is 0 Å². The Morgan fingerprint density at radius 3 is 2.53 bits per heavy atom. The van der Waals surface area contributed by atoms with Gasteiger partial charge in [0.25, 0.3) is 11.3 Å². The summed E-state index contributed by atoms with van der Waals surface area (Å²) in [5.41, 5.74) is -2.74. The monoisotopic (exact) mass is 245 g/mol. The minimum absolute atomic E-state index is 0.115. The fourth-order valence-electron chi connectivity index (χ4n) is 1.80. The van der Waals surface area contributed by atoms with Gasteiger partial charge >= 0.3 is 0 Å².